The minimum Gasteiger partial charge on any atom is -0.490 e. The molecule has 0 saturated heterocycles. The molecule has 5 rings (SSSR count). The molecule has 56 heavy (non-hydrogen) atoms. The molecule has 302 valence electrons. The molecule has 0 spiro atoms. The van der Waals surface area contributed by atoms with Crippen LogP contribution in [0.4, 0.5) is 32.0 Å². The van der Waals surface area contributed by atoms with Crippen molar-refractivity contribution in [3.63, 3.8) is 0 Å². The van der Waals surface area contributed by atoms with E-state index in [0.717, 1.165) is 41.0 Å². The summed E-state index contributed by atoms with van der Waals surface area (Å²) in [6.07, 6.45) is -0.0486. The van der Waals surface area contributed by atoms with Gasteiger partial charge in [-0.05, 0) is 73.2 Å². The lowest BCUT2D eigenvalue weighted by molar-refractivity contribution is -0.119. The van der Waals surface area contributed by atoms with E-state index in [9.17, 15) is 36.6 Å². The van der Waals surface area contributed by atoms with Gasteiger partial charge in [-0.2, -0.15) is 4.31 Å². The van der Waals surface area contributed by atoms with Gasteiger partial charge >= 0.3 is 0 Å². The van der Waals surface area contributed by atoms with Crippen LogP contribution in [-0.4, -0.2) is 67.5 Å². The molecule has 2 N–H and O–H groups in total. The third kappa shape index (κ3) is 9.54. The van der Waals surface area contributed by atoms with Crippen LogP contribution in [0, 0.1) is 34.9 Å². The van der Waals surface area contributed by atoms with Crippen LogP contribution >= 0.6 is 0 Å². The maximum absolute atomic E-state index is 15.1. The third-order valence-corrected chi connectivity index (χ3v) is 11.1. The lowest BCUT2D eigenvalue weighted by Crippen LogP contribution is -2.43. The number of benzene rings is 4. The van der Waals surface area contributed by atoms with Crippen molar-refractivity contribution in [1.82, 2.24) is 9.21 Å². The molecule has 1 amide bonds. The molecule has 0 unspecified atom stereocenters. The Kier molecular flexibility index (Phi) is 12.9. The quantitative estimate of drug-likeness (QED) is 0.0574. The van der Waals surface area contributed by atoms with Crippen molar-refractivity contribution in [2.24, 2.45) is 0 Å². The summed E-state index contributed by atoms with van der Waals surface area (Å²) in [5, 5.41) is 20.0. The number of amides is 1. The molecule has 1 saturated carbocycles. The fourth-order valence-electron chi connectivity index (χ4n) is 5.97. The van der Waals surface area contributed by atoms with E-state index in [2.05, 4.69) is 6.07 Å². The zero-order valence-electron chi connectivity index (χ0n) is 31.4. The van der Waals surface area contributed by atoms with E-state index in [-0.39, 0.29) is 51.4 Å². The standard InChI is InChI=1S/C40H43F6N3O6S/c1-40(2,3)28-17-23(16-27(18-28)24-10-11-24)20-49(30-13-12-25(39(51)52)19-31(30)55-15-14-47(4)5)32(50)22-48(21-26-8-6-7-9-29(26)41)56(53,54)38-36(45)34(43)33(42)35(44)37(38)46/h6-9,12-13,16-19,24,39,51-52H,10-11,14-15,20-22H2,1-5H3. The van der Waals surface area contributed by atoms with Gasteiger partial charge in [-0.3, -0.25) is 4.79 Å². The molecule has 9 nitrogen and oxygen atoms in total. The Morgan fingerprint density at radius 3 is 2.05 bits per heavy atom. The molecule has 1 aliphatic rings. The Bertz CT molecular complexity index is 2180. The number of rotatable bonds is 15. The molecule has 16 heteroatoms. The molecular weight excluding hydrogens is 765 g/mol. The summed E-state index contributed by atoms with van der Waals surface area (Å²) in [4.78, 5) is 15.4. The topological polar surface area (TPSA) is 111 Å². The predicted octanol–water partition coefficient (Wildman–Crippen LogP) is 7.04. The highest BCUT2D eigenvalue weighted by Crippen LogP contribution is 2.42. The highest BCUT2D eigenvalue weighted by molar-refractivity contribution is 7.89. The molecule has 0 aliphatic heterocycles. The number of likely N-dealkylation sites (N-methyl/N-ethyl adjacent to an activating group) is 1. The Morgan fingerprint density at radius 1 is 0.857 bits per heavy atom. The van der Waals surface area contributed by atoms with Crippen molar-refractivity contribution in [1.29, 1.82) is 0 Å². The van der Waals surface area contributed by atoms with Crippen molar-refractivity contribution in [3.8, 4) is 5.75 Å². The van der Waals surface area contributed by atoms with Gasteiger partial charge in [-0.25, -0.2) is 34.8 Å². The van der Waals surface area contributed by atoms with Crippen LogP contribution in [0.1, 0.15) is 73.6 Å². The van der Waals surface area contributed by atoms with E-state index in [4.69, 9.17) is 4.74 Å². The first kappa shape index (κ1) is 42.7. The zero-order valence-corrected chi connectivity index (χ0v) is 32.2. The number of hydrogen-bond acceptors (Lipinski definition) is 7. The summed E-state index contributed by atoms with van der Waals surface area (Å²) in [7, 11) is -2.23. The highest BCUT2D eigenvalue weighted by Gasteiger charge is 2.39. The first-order valence-electron chi connectivity index (χ1n) is 17.7. The average Bonchev–Trinajstić information content (AvgIpc) is 3.98. The summed E-state index contributed by atoms with van der Waals surface area (Å²) in [6, 6.07) is 14.4. The fraction of sp³-hybridized carbons (Fsp3) is 0.375. The minimum atomic E-state index is -5.79. The second-order valence-electron chi connectivity index (χ2n) is 15.0. The van der Waals surface area contributed by atoms with Crippen LogP contribution in [0.25, 0.3) is 0 Å². The zero-order chi connectivity index (χ0) is 41.3. The van der Waals surface area contributed by atoms with Crippen LogP contribution in [0.15, 0.2) is 65.6 Å². The number of aliphatic hydroxyl groups is 2. The maximum Gasteiger partial charge on any atom is 0.249 e. The molecular formula is C40H43F6N3O6S. The summed E-state index contributed by atoms with van der Waals surface area (Å²) < 4.78 is 122. The monoisotopic (exact) mass is 807 g/mol. The number of sulfonamides is 1. The number of anilines is 1. The molecule has 4 aromatic carbocycles. The Morgan fingerprint density at radius 2 is 1.48 bits per heavy atom. The van der Waals surface area contributed by atoms with Gasteiger partial charge in [-0.1, -0.05) is 63.2 Å². The van der Waals surface area contributed by atoms with Gasteiger partial charge in [0, 0.05) is 24.2 Å². The molecule has 0 bridgehead atoms. The number of ether oxygens (including phenoxy) is 1. The first-order valence-corrected chi connectivity index (χ1v) is 19.1. The van der Waals surface area contributed by atoms with Crippen LogP contribution < -0.4 is 9.64 Å². The summed E-state index contributed by atoms with van der Waals surface area (Å²) in [5.74, 6) is -14.8. The first-order chi connectivity index (χ1) is 26.2. The fourth-order valence-corrected chi connectivity index (χ4v) is 7.45. The van der Waals surface area contributed by atoms with Crippen molar-refractivity contribution < 1.29 is 54.5 Å². The molecule has 1 aliphatic carbocycles. The molecule has 1 fully saturated rings. The predicted molar refractivity (Wildman–Crippen MR) is 196 cm³/mol. The highest BCUT2D eigenvalue weighted by atomic mass is 32.2. The number of halogens is 6. The maximum atomic E-state index is 15.1. The van der Waals surface area contributed by atoms with Gasteiger partial charge in [0.15, 0.2) is 34.5 Å². The van der Waals surface area contributed by atoms with Gasteiger partial charge in [0.05, 0.1) is 18.8 Å². The van der Waals surface area contributed by atoms with Gasteiger partial charge in [0.1, 0.15) is 18.2 Å². The Balaban J connectivity index is 1.68. The smallest absolute Gasteiger partial charge is 0.249 e. The van der Waals surface area contributed by atoms with Crippen molar-refractivity contribution in [2.75, 3.05) is 38.7 Å². The number of hydrogen-bond donors (Lipinski definition) is 2. The van der Waals surface area contributed by atoms with Gasteiger partial charge in [0.25, 0.3) is 0 Å². The van der Waals surface area contributed by atoms with Gasteiger partial charge in [-0.15, -0.1) is 0 Å². The Hall–Kier alpha value is -4.48. The second kappa shape index (κ2) is 16.9. The van der Waals surface area contributed by atoms with Gasteiger partial charge < -0.3 is 24.7 Å². The van der Waals surface area contributed by atoms with E-state index in [1.165, 1.54) is 30.3 Å². The third-order valence-electron chi connectivity index (χ3n) is 9.32. The van der Waals surface area contributed by atoms with Crippen LogP contribution in [0.2, 0.25) is 0 Å². The Labute approximate surface area is 321 Å². The molecule has 4 aromatic rings. The largest absolute Gasteiger partial charge is 0.490 e. The lowest BCUT2D eigenvalue weighted by Gasteiger charge is -2.30. The van der Waals surface area contributed by atoms with Crippen molar-refractivity contribution in [3.05, 3.63) is 123 Å². The SMILES string of the molecule is CN(C)CCOc1cc(C(O)O)ccc1N(Cc1cc(C2CC2)cc(C(C)(C)C)c1)C(=O)CN(Cc1ccccc1F)S(=O)(=O)c1c(F)c(F)c(F)c(F)c1F. The molecule has 0 aromatic heterocycles. The van der Waals surface area contributed by atoms with E-state index in [1.807, 2.05) is 32.9 Å². The second-order valence-corrected chi connectivity index (χ2v) is 16.9. The molecule has 0 radical (unpaired) electrons. The number of aliphatic hydroxyl groups excluding tert-OH is 1. The van der Waals surface area contributed by atoms with Crippen molar-refractivity contribution >= 4 is 21.6 Å². The normalized spacial score (nSPS) is 13.6. The summed E-state index contributed by atoms with van der Waals surface area (Å²) in [5.41, 5.74) is 1.83. The molecule has 0 heterocycles. The van der Waals surface area contributed by atoms with E-state index in [0.29, 0.717) is 12.1 Å². The average molecular weight is 808 g/mol. The van der Waals surface area contributed by atoms with E-state index in [1.54, 1.807) is 19.0 Å². The lowest BCUT2D eigenvalue weighted by atomic mass is 9.84. The summed E-state index contributed by atoms with van der Waals surface area (Å²) in [6.45, 7) is 3.86. The van der Waals surface area contributed by atoms with Gasteiger partial charge in [0.2, 0.25) is 21.7 Å². The van der Waals surface area contributed by atoms with Crippen molar-refractivity contribution in [2.45, 2.75) is 69.2 Å². The van der Waals surface area contributed by atoms with Crippen LogP contribution in [-0.2, 0) is 33.3 Å². The summed E-state index contributed by atoms with van der Waals surface area (Å²) >= 11 is 0. The van der Waals surface area contributed by atoms with Crippen LogP contribution in [0.5, 0.6) is 5.75 Å². The number of carbonyl (C=O) groups excluding carboxylic acids is 1. The molecule has 0 atom stereocenters. The number of carbonyl (C=O) groups is 1. The number of nitrogens with zero attached hydrogens (tertiary/aromatic N) is 3. The van der Waals surface area contributed by atoms with E-state index >= 15 is 13.2 Å². The minimum absolute atomic E-state index is 0.0122. The van der Waals surface area contributed by atoms with Crippen LogP contribution in [0.3, 0.4) is 0 Å². The van der Waals surface area contributed by atoms with E-state index < -0.39 is 75.1 Å².